The van der Waals surface area contributed by atoms with Crippen molar-refractivity contribution in [3.8, 4) is 5.75 Å². The van der Waals surface area contributed by atoms with Crippen LogP contribution in [0.15, 0.2) is 42.6 Å². The number of nitrogens with zero attached hydrogens (tertiary/aromatic N) is 3. The molecule has 0 aliphatic carbocycles. The van der Waals surface area contributed by atoms with Gasteiger partial charge in [0.25, 0.3) is 5.91 Å². The van der Waals surface area contributed by atoms with Gasteiger partial charge in [0.15, 0.2) is 5.75 Å². The molecule has 1 aliphatic rings. The predicted octanol–water partition coefficient (Wildman–Crippen LogP) is 1.74. The number of hydrogen-bond donors (Lipinski definition) is 2. The number of carbonyl (C=O) groups excluding carboxylic acids is 2. The first-order valence-electron chi connectivity index (χ1n) is 10.4. The molecule has 0 saturated carbocycles. The molecule has 0 atom stereocenters. The molecule has 9 nitrogen and oxygen atoms in total. The molecule has 1 saturated heterocycles. The smallest absolute Gasteiger partial charge is 0.341 e. The Labute approximate surface area is 196 Å². The fourth-order valence-corrected chi connectivity index (χ4v) is 4.44. The molecule has 0 bridgehead atoms. The number of halogens is 1. The van der Waals surface area contributed by atoms with E-state index >= 15 is 0 Å². The van der Waals surface area contributed by atoms with E-state index in [1.54, 1.807) is 18.2 Å². The zero-order valence-electron chi connectivity index (χ0n) is 18.2. The third kappa shape index (κ3) is 4.70. The molecule has 4 rings (SSSR count). The first-order chi connectivity index (χ1) is 16.3. The van der Waals surface area contributed by atoms with Gasteiger partial charge >= 0.3 is 5.97 Å². The van der Waals surface area contributed by atoms with Gasteiger partial charge in [-0.2, -0.15) is 0 Å². The number of aromatic hydroxyl groups is 1. The molecule has 1 fully saturated rings. The number of phenolic OH excluding ortho intramolecular Hbond substituents is 1. The highest BCUT2D eigenvalue weighted by Crippen LogP contribution is 2.33. The van der Waals surface area contributed by atoms with Crippen molar-refractivity contribution in [3.63, 3.8) is 0 Å². The lowest BCUT2D eigenvalue weighted by atomic mass is 9.98. The van der Waals surface area contributed by atoms with Gasteiger partial charge in [-0.25, -0.2) is 21.9 Å². The number of thiol groups is 1. The molecule has 1 aliphatic heterocycles. The van der Waals surface area contributed by atoms with Crippen LogP contribution in [0, 0.1) is 5.82 Å². The number of ether oxygens (including phenoxy) is 1. The minimum Gasteiger partial charge on any atom is -0.505 e. The van der Waals surface area contributed by atoms with Gasteiger partial charge in [-0.3, -0.25) is 9.78 Å². The second-order valence-corrected chi connectivity index (χ2v) is 8.88. The number of esters is 1. The molecule has 1 N–H and O–H groups in total. The van der Waals surface area contributed by atoms with Crippen LogP contribution in [0.2, 0.25) is 0 Å². The molecule has 2 heterocycles. The quantitative estimate of drug-likeness (QED) is 0.416. The van der Waals surface area contributed by atoms with Crippen LogP contribution in [0.3, 0.4) is 0 Å². The van der Waals surface area contributed by atoms with E-state index in [4.69, 9.17) is 4.74 Å². The lowest BCUT2D eigenvalue weighted by molar-refractivity contribution is 0.0597. The van der Waals surface area contributed by atoms with Gasteiger partial charge in [0.1, 0.15) is 16.9 Å². The van der Waals surface area contributed by atoms with Gasteiger partial charge in [-0.1, -0.05) is 12.1 Å². The largest absolute Gasteiger partial charge is 0.505 e. The van der Waals surface area contributed by atoms with E-state index < -0.39 is 28.5 Å². The minimum atomic E-state index is -2.72. The summed E-state index contributed by atoms with van der Waals surface area (Å²) in [5.41, 5.74) is 1.55. The maximum atomic E-state index is 13.4. The molecule has 178 valence electrons. The number of benzene rings is 2. The molecule has 11 heteroatoms. The summed E-state index contributed by atoms with van der Waals surface area (Å²) >= 11 is 0. The summed E-state index contributed by atoms with van der Waals surface area (Å²) in [4.78, 5) is 31.5. The van der Waals surface area contributed by atoms with Gasteiger partial charge < -0.3 is 14.7 Å². The second kappa shape index (κ2) is 9.74. The summed E-state index contributed by atoms with van der Waals surface area (Å²) in [5.74, 6) is -1.99. The van der Waals surface area contributed by atoms with Crippen molar-refractivity contribution in [1.29, 1.82) is 0 Å². The summed E-state index contributed by atoms with van der Waals surface area (Å²) in [6.45, 7) is 0.693. The van der Waals surface area contributed by atoms with Crippen LogP contribution in [0.25, 0.3) is 10.9 Å². The van der Waals surface area contributed by atoms with E-state index in [1.165, 1.54) is 33.6 Å². The van der Waals surface area contributed by atoms with Gasteiger partial charge in [0, 0.05) is 37.8 Å². The number of fused-ring (bicyclic) bond motifs is 1. The number of methoxy groups -OCH3 is 1. The lowest BCUT2D eigenvalue weighted by Gasteiger charge is -2.31. The van der Waals surface area contributed by atoms with Crippen molar-refractivity contribution >= 4 is 33.7 Å². The molecular weight excluding hydrogens is 465 g/mol. The van der Waals surface area contributed by atoms with Gasteiger partial charge in [0.2, 0.25) is 10.9 Å². The van der Waals surface area contributed by atoms with Crippen molar-refractivity contribution in [2.24, 2.45) is 0 Å². The zero-order chi connectivity index (χ0) is 24.4. The molecule has 1 aromatic heterocycles. The Kier molecular flexibility index (Phi) is 6.75. The number of rotatable bonds is 5. The molecule has 0 spiro atoms. The molecule has 34 heavy (non-hydrogen) atoms. The highest BCUT2D eigenvalue weighted by atomic mass is 32.2. The normalized spacial score (nSPS) is 14.5. The Morgan fingerprint density at radius 2 is 1.74 bits per heavy atom. The highest BCUT2D eigenvalue weighted by Gasteiger charge is 2.28. The summed E-state index contributed by atoms with van der Waals surface area (Å²) in [6.07, 6.45) is 1.93. The molecule has 0 radical (unpaired) electrons. The maximum absolute atomic E-state index is 13.4. The first-order valence-corrected chi connectivity index (χ1v) is 11.6. The van der Waals surface area contributed by atoms with Crippen LogP contribution in [0.1, 0.15) is 31.8 Å². The molecule has 3 aromatic rings. The lowest BCUT2D eigenvalue weighted by Crippen LogP contribution is -2.48. The average molecular weight is 488 g/mol. The standard InChI is InChI=1S/C23H22FN3O6S/c1-33-23(30)19-12-18(22(29)26-6-8-27(9-7-26)34(31)32)17-11-15(13-25-20(17)21(19)28)10-14-2-4-16(24)5-3-14/h2-5,11-13,28,34H,6-10H2,1H3. The Hall–Kier alpha value is -3.57. The van der Waals surface area contributed by atoms with Crippen molar-refractivity contribution < 1.29 is 32.2 Å². The third-order valence-corrected chi connectivity index (χ3v) is 6.60. The summed E-state index contributed by atoms with van der Waals surface area (Å²) in [6, 6.07) is 8.96. The van der Waals surface area contributed by atoms with Gasteiger partial charge in [-0.15, -0.1) is 0 Å². The minimum absolute atomic E-state index is 0.0652. The number of aromatic nitrogens is 1. The number of piperazine rings is 1. The van der Waals surface area contributed by atoms with Crippen LogP contribution in [-0.2, 0) is 22.0 Å². The summed E-state index contributed by atoms with van der Waals surface area (Å²) < 4.78 is 41.7. The van der Waals surface area contributed by atoms with E-state index in [1.807, 2.05) is 0 Å². The fourth-order valence-electron chi connectivity index (χ4n) is 3.93. The SMILES string of the molecule is COC(=O)c1cc(C(=O)N2CCN([SH](=O)=O)CC2)c2cc(Cc3ccc(F)cc3)cnc2c1O. The van der Waals surface area contributed by atoms with Crippen molar-refractivity contribution in [2.45, 2.75) is 6.42 Å². The second-order valence-electron chi connectivity index (χ2n) is 7.84. The first kappa shape index (κ1) is 23.6. The van der Waals surface area contributed by atoms with Gasteiger partial charge in [0.05, 0.1) is 12.7 Å². The van der Waals surface area contributed by atoms with Crippen LogP contribution in [0.4, 0.5) is 4.39 Å². The highest BCUT2D eigenvalue weighted by molar-refractivity contribution is 7.69. The topological polar surface area (TPSA) is 117 Å². The van der Waals surface area contributed by atoms with Crippen molar-refractivity contribution in [1.82, 2.24) is 14.2 Å². The Morgan fingerprint density at radius 3 is 2.35 bits per heavy atom. The molecular formula is C23H22FN3O6S. The summed E-state index contributed by atoms with van der Waals surface area (Å²) in [5, 5.41) is 11.0. The maximum Gasteiger partial charge on any atom is 0.341 e. The van der Waals surface area contributed by atoms with Crippen molar-refractivity contribution in [3.05, 3.63) is 70.7 Å². The molecule has 2 aromatic carbocycles. The van der Waals surface area contributed by atoms with Crippen molar-refractivity contribution in [2.75, 3.05) is 33.3 Å². The van der Waals surface area contributed by atoms with Crippen LogP contribution < -0.4 is 0 Å². The Bertz CT molecular complexity index is 1330. The molecule has 1 amide bonds. The van der Waals surface area contributed by atoms with Gasteiger partial charge in [-0.05, 0) is 41.8 Å². The Morgan fingerprint density at radius 1 is 1.06 bits per heavy atom. The number of carbonyl (C=O) groups is 2. The Balaban J connectivity index is 1.77. The number of pyridine rings is 1. The third-order valence-electron chi connectivity index (χ3n) is 5.73. The van der Waals surface area contributed by atoms with E-state index in [9.17, 15) is 27.5 Å². The summed E-state index contributed by atoms with van der Waals surface area (Å²) in [7, 11) is -1.56. The molecule has 0 unspecified atom stereocenters. The number of phenols is 1. The fraction of sp³-hybridized carbons (Fsp3) is 0.261. The monoisotopic (exact) mass is 487 g/mol. The van der Waals surface area contributed by atoms with Crippen LogP contribution in [-0.4, -0.2) is 72.9 Å². The van der Waals surface area contributed by atoms with E-state index in [0.717, 1.165) is 12.7 Å². The van der Waals surface area contributed by atoms with Crippen LogP contribution >= 0.6 is 0 Å². The number of amides is 1. The average Bonchev–Trinajstić information content (AvgIpc) is 2.85. The van der Waals surface area contributed by atoms with E-state index in [0.29, 0.717) is 17.4 Å². The zero-order valence-corrected chi connectivity index (χ0v) is 19.1. The van der Waals surface area contributed by atoms with E-state index in [2.05, 4.69) is 4.98 Å². The van der Waals surface area contributed by atoms with Crippen LogP contribution in [0.5, 0.6) is 5.75 Å². The number of hydrogen-bond acceptors (Lipinski definition) is 7. The predicted molar refractivity (Wildman–Crippen MR) is 122 cm³/mol. The van der Waals surface area contributed by atoms with E-state index in [-0.39, 0.29) is 48.6 Å².